The summed E-state index contributed by atoms with van der Waals surface area (Å²) in [5, 5.41) is 30.9. The second-order valence-corrected chi connectivity index (χ2v) is 7.88. The molecule has 0 fully saturated rings. The summed E-state index contributed by atoms with van der Waals surface area (Å²) in [7, 11) is 1.81. The van der Waals surface area contributed by atoms with Crippen LogP contribution in [0.15, 0.2) is 65.0 Å². The topological polar surface area (TPSA) is 107 Å². The first-order valence-corrected chi connectivity index (χ1v) is 10.2. The van der Waals surface area contributed by atoms with Crippen molar-refractivity contribution in [2.24, 2.45) is 7.05 Å². The molecule has 0 radical (unpaired) electrons. The molecule has 3 aromatic rings. The number of amides is 1. The molecule has 32 heavy (non-hydrogen) atoms. The number of fused-ring (bicyclic) bond motifs is 1. The molecule has 0 spiro atoms. The minimum Gasteiger partial charge on any atom is -0.361 e. The Kier molecular flexibility index (Phi) is 5.26. The molecule has 2 heterocycles. The van der Waals surface area contributed by atoms with Crippen LogP contribution in [-0.4, -0.2) is 15.7 Å². The van der Waals surface area contributed by atoms with E-state index in [0.29, 0.717) is 22.5 Å². The van der Waals surface area contributed by atoms with Crippen molar-refractivity contribution < 1.29 is 4.79 Å². The fourth-order valence-corrected chi connectivity index (χ4v) is 4.18. The minimum absolute atomic E-state index is 0.239. The molecule has 158 valence electrons. The second kappa shape index (κ2) is 8.05. The number of rotatable bonds is 3. The smallest absolute Gasteiger partial charge is 0.257 e. The molecule has 0 unspecified atom stereocenters. The minimum atomic E-state index is -0.476. The Morgan fingerprint density at radius 2 is 1.72 bits per heavy atom. The Hall–Kier alpha value is -4.36. The molecule has 0 bridgehead atoms. The van der Waals surface area contributed by atoms with E-state index in [1.54, 1.807) is 10.7 Å². The molecule has 0 saturated carbocycles. The van der Waals surface area contributed by atoms with Gasteiger partial charge in [0, 0.05) is 29.4 Å². The lowest BCUT2D eigenvalue weighted by atomic mass is 9.81. The van der Waals surface area contributed by atoms with E-state index in [2.05, 4.69) is 27.9 Å². The summed E-state index contributed by atoms with van der Waals surface area (Å²) in [6.07, 6.45) is 0. The highest BCUT2D eigenvalue weighted by molar-refractivity contribution is 6.08. The third kappa shape index (κ3) is 3.40. The van der Waals surface area contributed by atoms with E-state index >= 15 is 0 Å². The number of nitrogens with zero attached hydrogens (tertiary/aromatic N) is 4. The molecule has 1 aliphatic rings. The molecule has 1 amide bonds. The number of nitrogens with one attached hydrogen (secondary N) is 2. The molecule has 7 heteroatoms. The summed E-state index contributed by atoms with van der Waals surface area (Å²) in [5.74, 6) is -0.280. The summed E-state index contributed by atoms with van der Waals surface area (Å²) < 4.78 is 1.70. The van der Waals surface area contributed by atoms with Gasteiger partial charge in [0.15, 0.2) is 5.82 Å². The summed E-state index contributed by atoms with van der Waals surface area (Å²) >= 11 is 0. The van der Waals surface area contributed by atoms with E-state index in [-0.39, 0.29) is 5.91 Å². The predicted molar refractivity (Wildman–Crippen MR) is 122 cm³/mol. The maximum atomic E-state index is 12.9. The van der Waals surface area contributed by atoms with E-state index < -0.39 is 5.92 Å². The van der Waals surface area contributed by atoms with Gasteiger partial charge in [-0.25, -0.2) is 0 Å². The van der Waals surface area contributed by atoms with Gasteiger partial charge in [-0.1, -0.05) is 24.3 Å². The van der Waals surface area contributed by atoms with E-state index in [9.17, 15) is 15.3 Å². The largest absolute Gasteiger partial charge is 0.361 e. The van der Waals surface area contributed by atoms with Crippen LogP contribution >= 0.6 is 0 Å². The number of carbonyl (C=O) groups is 1. The summed E-state index contributed by atoms with van der Waals surface area (Å²) in [4.78, 5) is 12.9. The Bertz CT molecular complexity index is 1370. The van der Waals surface area contributed by atoms with Gasteiger partial charge < -0.3 is 10.6 Å². The molecule has 0 atom stereocenters. The average Bonchev–Trinajstić information content (AvgIpc) is 3.08. The van der Waals surface area contributed by atoms with Crippen molar-refractivity contribution in [1.29, 1.82) is 10.5 Å². The highest BCUT2D eigenvalue weighted by atomic mass is 16.1. The van der Waals surface area contributed by atoms with Gasteiger partial charge in [-0.15, -0.1) is 0 Å². The number of aromatic nitrogens is 2. The SMILES string of the molecule is CC1=C(C#N)C(c2ccc3c(c2)c(NC(=O)c2ccccc2C)nn3C)C(C#N)=C(C)N1. The Balaban J connectivity index is 1.82. The Labute approximate surface area is 186 Å². The van der Waals surface area contributed by atoms with Crippen molar-refractivity contribution in [3.63, 3.8) is 0 Å². The van der Waals surface area contributed by atoms with Crippen LogP contribution < -0.4 is 10.6 Å². The van der Waals surface area contributed by atoms with Crippen molar-refractivity contribution >= 4 is 22.6 Å². The maximum absolute atomic E-state index is 12.9. The number of hydrogen-bond acceptors (Lipinski definition) is 5. The van der Waals surface area contributed by atoms with Crippen molar-refractivity contribution in [3.05, 3.63) is 81.7 Å². The van der Waals surface area contributed by atoms with Crippen LogP contribution in [0.1, 0.15) is 41.3 Å². The standard InChI is InChI=1S/C25H22N6O/c1-14-7-5-6-8-18(14)25(32)29-24-19-11-17(9-10-22(19)31(4)30-24)23-20(12-26)15(2)28-16(3)21(23)13-27/h5-11,23,28H,1-4H3,(H,29,30,32). The zero-order valence-electron chi connectivity index (χ0n) is 18.3. The molecular weight excluding hydrogens is 400 g/mol. The summed E-state index contributed by atoms with van der Waals surface area (Å²) in [5.41, 5.74) is 5.55. The van der Waals surface area contributed by atoms with E-state index in [4.69, 9.17) is 0 Å². The quantitative estimate of drug-likeness (QED) is 0.650. The van der Waals surface area contributed by atoms with Crippen LogP contribution in [0.5, 0.6) is 0 Å². The molecule has 0 aliphatic carbocycles. The number of carbonyl (C=O) groups excluding carboxylic acids is 1. The third-order valence-electron chi connectivity index (χ3n) is 5.83. The fourth-order valence-electron chi connectivity index (χ4n) is 4.18. The average molecular weight is 422 g/mol. The monoisotopic (exact) mass is 422 g/mol. The van der Waals surface area contributed by atoms with Crippen molar-refractivity contribution in [1.82, 2.24) is 15.1 Å². The second-order valence-electron chi connectivity index (χ2n) is 7.88. The van der Waals surface area contributed by atoms with Crippen LogP contribution in [0.3, 0.4) is 0 Å². The van der Waals surface area contributed by atoms with Crippen molar-refractivity contribution in [2.45, 2.75) is 26.7 Å². The molecule has 2 N–H and O–H groups in total. The molecule has 0 saturated heterocycles. The van der Waals surface area contributed by atoms with Crippen molar-refractivity contribution in [3.8, 4) is 12.1 Å². The first-order valence-electron chi connectivity index (χ1n) is 10.2. The van der Waals surface area contributed by atoms with Crippen LogP contribution in [-0.2, 0) is 7.05 Å². The number of anilines is 1. The summed E-state index contributed by atoms with van der Waals surface area (Å²) in [6, 6.07) is 17.6. The number of aryl methyl sites for hydroxylation is 2. The van der Waals surface area contributed by atoms with Crippen LogP contribution in [0.25, 0.3) is 10.9 Å². The Morgan fingerprint density at radius 1 is 1.06 bits per heavy atom. The van der Waals surface area contributed by atoms with Gasteiger partial charge in [0.25, 0.3) is 5.91 Å². The molecule has 4 rings (SSSR count). The lowest BCUT2D eigenvalue weighted by molar-refractivity contribution is 0.102. The van der Waals surface area contributed by atoms with Gasteiger partial charge in [-0.3, -0.25) is 9.48 Å². The predicted octanol–water partition coefficient (Wildman–Crippen LogP) is 4.42. The lowest BCUT2D eigenvalue weighted by Crippen LogP contribution is -2.23. The zero-order chi connectivity index (χ0) is 23.0. The van der Waals surface area contributed by atoms with Gasteiger partial charge in [0.1, 0.15) is 0 Å². The summed E-state index contributed by atoms with van der Waals surface area (Å²) in [6.45, 7) is 5.55. The van der Waals surface area contributed by atoms with Gasteiger partial charge in [0.05, 0.1) is 34.7 Å². The molecule has 2 aromatic carbocycles. The highest BCUT2D eigenvalue weighted by Crippen LogP contribution is 2.39. The molecule has 1 aromatic heterocycles. The maximum Gasteiger partial charge on any atom is 0.257 e. The third-order valence-corrected chi connectivity index (χ3v) is 5.83. The fraction of sp³-hybridized carbons (Fsp3) is 0.200. The Morgan fingerprint density at radius 3 is 2.34 bits per heavy atom. The lowest BCUT2D eigenvalue weighted by Gasteiger charge is -2.26. The number of dihydropyridines is 1. The van der Waals surface area contributed by atoms with Gasteiger partial charge in [-0.2, -0.15) is 15.6 Å². The zero-order valence-corrected chi connectivity index (χ0v) is 18.3. The van der Waals surface area contributed by atoms with Gasteiger partial charge in [0.2, 0.25) is 0 Å². The number of allylic oxidation sites excluding steroid dienone is 4. The van der Waals surface area contributed by atoms with Crippen LogP contribution in [0.2, 0.25) is 0 Å². The number of hydrogen-bond donors (Lipinski definition) is 2. The number of benzene rings is 2. The van der Waals surface area contributed by atoms with E-state index in [1.807, 2.05) is 64.2 Å². The first-order chi connectivity index (χ1) is 15.3. The normalized spacial score (nSPS) is 14.2. The van der Waals surface area contributed by atoms with E-state index in [1.165, 1.54) is 0 Å². The van der Waals surface area contributed by atoms with Crippen LogP contribution in [0.4, 0.5) is 5.82 Å². The van der Waals surface area contributed by atoms with Gasteiger partial charge in [-0.05, 0) is 50.1 Å². The van der Waals surface area contributed by atoms with Gasteiger partial charge >= 0.3 is 0 Å². The van der Waals surface area contributed by atoms with Crippen molar-refractivity contribution in [2.75, 3.05) is 5.32 Å². The molecular formula is C25H22N6O. The molecule has 7 nitrogen and oxygen atoms in total. The van der Waals surface area contributed by atoms with Crippen LogP contribution in [0, 0.1) is 29.6 Å². The molecule has 1 aliphatic heterocycles. The van der Waals surface area contributed by atoms with E-state index in [0.717, 1.165) is 33.4 Å². The number of nitriles is 2. The highest BCUT2D eigenvalue weighted by Gasteiger charge is 2.30. The first kappa shape index (κ1) is 20.9.